The molecule has 4 rings (SSSR count). The van der Waals surface area contributed by atoms with Crippen LogP contribution in [0.5, 0.6) is 0 Å². The number of para-hydroxylation sites is 2. The summed E-state index contributed by atoms with van der Waals surface area (Å²) in [6.45, 7) is 0. The molecule has 0 bridgehead atoms. The summed E-state index contributed by atoms with van der Waals surface area (Å²) in [4.78, 5) is 16.8. The Balaban J connectivity index is 1.56. The van der Waals surface area contributed by atoms with Crippen molar-refractivity contribution < 1.29 is 4.79 Å². The smallest absolute Gasteiger partial charge is 0.244 e. The second-order valence-corrected chi connectivity index (χ2v) is 6.47. The molecular formula is C19H20N4O. The number of hydrogen-bond donors (Lipinski definition) is 2. The first-order valence-electron chi connectivity index (χ1n) is 8.29. The van der Waals surface area contributed by atoms with Gasteiger partial charge in [-0.25, -0.2) is 4.98 Å². The van der Waals surface area contributed by atoms with Gasteiger partial charge in [0.05, 0.1) is 16.6 Å². The van der Waals surface area contributed by atoms with E-state index in [1.165, 1.54) is 0 Å². The maximum Gasteiger partial charge on any atom is 0.244 e. The molecule has 1 saturated carbocycles. The summed E-state index contributed by atoms with van der Waals surface area (Å²) in [6, 6.07) is 15.8. The number of aromatic nitrogens is 2. The molecule has 3 N–H and O–H groups in total. The van der Waals surface area contributed by atoms with E-state index in [1.54, 1.807) is 0 Å². The summed E-state index contributed by atoms with van der Waals surface area (Å²) in [6.07, 6.45) is 5.38. The number of imidazole rings is 1. The third kappa shape index (κ3) is 2.57. The Labute approximate surface area is 140 Å². The first-order valence-corrected chi connectivity index (χ1v) is 8.29. The molecule has 2 aromatic carbocycles. The number of nitrogens with zero attached hydrogens (tertiary/aromatic N) is 2. The molecule has 122 valence electrons. The van der Waals surface area contributed by atoms with Crippen LogP contribution in [-0.2, 0) is 4.79 Å². The van der Waals surface area contributed by atoms with E-state index in [0.717, 1.165) is 48.1 Å². The molecule has 1 aliphatic rings. The van der Waals surface area contributed by atoms with Crippen LogP contribution >= 0.6 is 0 Å². The van der Waals surface area contributed by atoms with Gasteiger partial charge in [0.25, 0.3) is 0 Å². The molecule has 5 heteroatoms. The first kappa shape index (κ1) is 14.9. The van der Waals surface area contributed by atoms with Crippen LogP contribution in [0.1, 0.15) is 25.7 Å². The largest absolute Gasteiger partial charge is 0.324 e. The zero-order valence-electron chi connectivity index (χ0n) is 13.4. The molecule has 1 aromatic heterocycles. The number of carbonyl (C=O) groups excluding carboxylic acids is 1. The van der Waals surface area contributed by atoms with Crippen LogP contribution in [-0.4, -0.2) is 21.0 Å². The monoisotopic (exact) mass is 320 g/mol. The number of nitrogens with two attached hydrogens (primary N) is 1. The summed E-state index contributed by atoms with van der Waals surface area (Å²) in [7, 11) is 0. The summed E-state index contributed by atoms with van der Waals surface area (Å²) in [5, 5.41) is 2.95. The molecule has 0 atom stereocenters. The van der Waals surface area contributed by atoms with Crippen molar-refractivity contribution in [1.82, 2.24) is 9.55 Å². The number of amides is 1. The molecule has 5 nitrogen and oxygen atoms in total. The third-order valence-electron chi connectivity index (χ3n) is 4.80. The highest BCUT2D eigenvalue weighted by Crippen LogP contribution is 2.28. The predicted molar refractivity (Wildman–Crippen MR) is 95.1 cm³/mol. The number of hydrogen-bond acceptors (Lipinski definition) is 3. The van der Waals surface area contributed by atoms with E-state index in [0.29, 0.717) is 0 Å². The quantitative estimate of drug-likeness (QED) is 0.778. The Morgan fingerprint density at radius 1 is 1.08 bits per heavy atom. The number of benzene rings is 2. The van der Waals surface area contributed by atoms with Crippen LogP contribution in [0.3, 0.4) is 0 Å². The maximum atomic E-state index is 12.4. The lowest BCUT2D eigenvalue weighted by molar-refractivity contribution is -0.121. The highest BCUT2D eigenvalue weighted by atomic mass is 16.2. The van der Waals surface area contributed by atoms with Gasteiger partial charge in [-0.05, 0) is 49.2 Å². The predicted octanol–water partition coefficient (Wildman–Crippen LogP) is 3.24. The van der Waals surface area contributed by atoms with Gasteiger partial charge in [0.1, 0.15) is 6.33 Å². The highest BCUT2D eigenvalue weighted by molar-refractivity contribution is 5.98. The molecule has 1 aliphatic carbocycles. The summed E-state index contributed by atoms with van der Waals surface area (Å²) in [5.41, 5.74) is 9.28. The van der Waals surface area contributed by atoms with Crippen LogP contribution in [0, 0.1) is 0 Å². The van der Waals surface area contributed by atoms with Crippen molar-refractivity contribution in [2.45, 2.75) is 31.2 Å². The van der Waals surface area contributed by atoms with Crippen molar-refractivity contribution in [3.8, 4) is 5.69 Å². The summed E-state index contributed by atoms with van der Waals surface area (Å²) < 4.78 is 2.03. The van der Waals surface area contributed by atoms with Gasteiger partial charge >= 0.3 is 0 Å². The second kappa shape index (κ2) is 5.76. The van der Waals surface area contributed by atoms with E-state index in [9.17, 15) is 4.79 Å². The minimum Gasteiger partial charge on any atom is -0.324 e. The van der Waals surface area contributed by atoms with Crippen molar-refractivity contribution >= 4 is 22.6 Å². The average Bonchev–Trinajstić information content (AvgIpc) is 3.23. The van der Waals surface area contributed by atoms with Gasteiger partial charge in [-0.3, -0.25) is 9.36 Å². The highest BCUT2D eigenvalue weighted by Gasteiger charge is 2.36. The Bertz CT molecular complexity index is 876. The van der Waals surface area contributed by atoms with Gasteiger partial charge < -0.3 is 11.1 Å². The van der Waals surface area contributed by atoms with E-state index >= 15 is 0 Å². The standard InChI is InChI=1S/C19H20N4O/c20-19(11-3-4-12-19)18(24)22-14-7-9-15(10-8-14)23-13-21-16-5-1-2-6-17(16)23/h1-2,5-10,13H,3-4,11-12,20H2,(H,22,24). The van der Waals surface area contributed by atoms with Crippen LogP contribution in [0.2, 0.25) is 0 Å². The van der Waals surface area contributed by atoms with Gasteiger partial charge in [0.15, 0.2) is 0 Å². The lowest BCUT2D eigenvalue weighted by Gasteiger charge is -2.22. The zero-order chi connectivity index (χ0) is 16.6. The first-order chi connectivity index (χ1) is 11.7. The molecule has 3 aromatic rings. The van der Waals surface area contributed by atoms with Gasteiger partial charge in [-0.2, -0.15) is 0 Å². The van der Waals surface area contributed by atoms with Gasteiger partial charge in [0.2, 0.25) is 5.91 Å². The van der Waals surface area contributed by atoms with Crippen LogP contribution in [0.4, 0.5) is 5.69 Å². The van der Waals surface area contributed by atoms with Crippen molar-refractivity contribution in [2.24, 2.45) is 5.73 Å². The molecule has 24 heavy (non-hydrogen) atoms. The number of anilines is 1. The molecule has 0 radical (unpaired) electrons. The van der Waals surface area contributed by atoms with Crippen molar-refractivity contribution in [3.63, 3.8) is 0 Å². The Morgan fingerprint density at radius 3 is 2.54 bits per heavy atom. The molecule has 1 heterocycles. The minimum absolute atomic E-state index is 0.0826. The number of nitrogens with one attached hydrogen (secondary N) is 1. The molecule has 0 unspecified atom stereocenters. The van der Waals surface area contributed by atoms with Crippen molar-refractivity contribution in [3.05, 3.63) is 54.9 Å². The molecule has 1 amide bonds. The van der Waals surface area contributed by atoms with Gasteiger partial charge in [0, 0.05) is 11.4 Å². The van der Waals surface area contributed by atoms with E-state index < -0.39 is 5.54 Å². The lowest BCUT2D eigenvalue weighted by atomic mass is 9.98. The second-order valence-electron chi connectivity index (χ2n) is 6.47. The molecule has 1 fully saturated rings. The topological polar surface area (TPSA) is 72.9 Å². The van der Waals surface area contributed by atoms with E-state index in [1.807, 2.05) is 59.4 Å². The average molecular weight is 320 g/mol. The van der Waals surface area contributed by atoms with E-state index in [2.05, 4.69) is 10.3 Å². The molecule has 0 spiro atoms. The Hall–Kier alpha value is -2.66. The van der Waals surface area contributed by atoms with Crippen molar-refractivity contribution in [2.75, 3.05) is 5.32 Å². The van der Waals surface area contributed by atoms with E-state index in [4.69, 9.17) is 5.73 Å². The molecular weight excluding hydrogens is 300 g/mol. The number of fused-ring (bicyclic) bond motifs is 1. The van der Waals surface area contributed by atoms with Crippen LogP contribution in [0.25, 0.3) is 16.7 Å². The van der Waals surface area contributed by atoms with Crippen molar-refractivity contribution in [1.29, 1.82) is 0 Å². The summed E-state index contributed by atoms with van der Waals surface area (Å²) in [5.74, 6) is -0.0826. The van der Waals surface area contributed by atoms with Gasteiger partial charge in [-0.1, -0.05) is 25.0 Å². The Morgan fingerprint density at radius 2 is 1.79 bits per heavy atom. The SMILES string of the molecule is NC1(C(=O)Nc2ccc(-n3cnc4ccccc43)cc2)CCCC1. The Kier molecular flexibility index (Phi) is 3.58. The van der Waals surface area contributed by atoms with Crippen LogP contribution in [0.15, 0.2) is 54.9 Å². The summed E-state index contributed by atoms with van der Waals surface area (Å²) >= 11 is 0. The zero-order valence-corrected chi connectivity index (χ0v) is 13.4. The fraction of sp³-hybridized carbons (Fsp3) is 0.263. The normalized spacial score (nSPS) is 16.4. The van der Waals surface area contributed by atoms with Crippen LogP contribution < -0.4 is 11.1 Å². The van der Waals surface area contributed by atoms with Gasteiger partial charge in [-0.15, -0.1) is 0 Å². The fourth-order valence-electron chi connectivity index (χ4n) is 3.36. The third-order valence-corrected chi connectivity index (χ3v) is 4.80. The maximum absolute atomic E-state index is 12.4. The number of rotatable bonds is 3. The minimum atomic E-state index is -0.709. The fourth-order valence-corrected chi connectivity index (χ4v) is 3.36. The molecule has 0 aliphatic heterocycles. The lowest BCUT2D eigenvalue weighted by Crippen LogP contribution is -2.48. The number of carbonyl (C=O) groups is 1. The van der Waals surface area contributed by atoms with E-state index in [-0.39, 0.29) is 5.91 Å². The molecule has 0 saturated heterocycles.